The molecule has 0 saturated carbocycles. The normalized spacial score (nSPS) is 19.5. The Morgan fingerprint density at radius 1 is 0.833 bits per heavy atom. The molecule has 0 amide bonds. The molecule has 1 aliphatic heterocycles. The summed E-state index contributed by atoms with van der Waals surface area (Å²) in [6, 6.07) is 0. The van der Waals surface area contributed by atoms with Crippen LogP contribution in [0.4, 0.5) is 0 Å². The van der Waals surface area contributed by atoms with Crippen LogP contribution in [0, 0.1) is 0 Å². The van der Waals surface area contributed by atoms with Gasteiger partial charge >= 0.3 is 0 Å². The van der Waals surface area contributed by atoms with Crippen LogP contribution in [-0.4, -0.2) is 40.9 Å². The van der Waals surface area contributed by atoms with E-state index in [4.69, 9.17) is 8.43 Å². The van der Waals surface area contributed by atoms with Gasteiger partial charge in [0, 0.05) is 0 Å². The third kappa shape index (κ3) is 8.02. The molecule has 0 aromatic rings. The van der Waals surface area contributed by atoms with E-state index in [0.29, 0.717) is 0 Å². The molecule has 1 aliphatic rings. The van der Waals surface area contributed by atoms with Crippen molar-refractivity contribution in [2.75, 3.05) is 19.4 Å². The Bertz CT molecular complexity index is 231. The van der Waals surface area contributed by atoms with Gasteiger partial charge in [-0.2, -0.15) is 0 Å². The molecule has 0 atom stereocenters. The van der Waals surface area contributed by atoms with Crippen molar-refractivity contribution in [3.8, 4) is 0 Å². The van der Waals surface area contributed by atoms with Crippen molar-refractivity contribution in [1.82, 2.24) is 4.90 Å². The second-order valence-electron chi connectivity index (χ2n) is 7.06. The highest BCUT2D eigenvalue weighted by atomic mass is 31.2. The SMILES string of the molecule is C[Si](C)(C)OP(CN1CCCCC1)O[Si](C)(C)C. The maximum Gasteiger partial charge on any atom is 0.191 e. The number of hydrogen-bond donors (Lipinski definition) is 0. The van der Waals surface area contributed by atoms with Gasteiger partial charge in [-0.1, -0.05) is 6.42 Å². The van der Waals surface area contributed by atoms with Crippen LogP contribution >= 0.6 is 8.38 Å². The topological polar surface area (TPSA) is 21.7 Å². The summed E-state index contributed by atoms with van der Waals surface area (Å²) < 4.78 is 12.6. The van der Waals surface area contributed by atoms with Crippen molar-refractivity contribution in [1.29, 1.82) is 0 Å². The molecule has 0 aliphatic carbocycles. The number of piperidine rings is 1. The van der Waals surface area contributed by atoms with Crippen molar-refractivity contribution in [2.45, 2.75) is 58.5 Å². The van der Waals surface area contributed by atoms with Gasteiger partial charge in [0.25, 0.3) is 0 Å². The van der Waals surface area contributed by atoms with E-state index < -0.39 is 25.0 Å². The zero-order valence-electron chi connectivity index (χ0n) is 13.0. The van der Waals surface area contributed by atoms with Crippen molar-refractivity contribution < 1.29 is 8.43 Å². The van der Waals surface area contributed by atoms with Gasteiger partial charge in [0.1, 0.15) is 0 Å². The molecule has 1 saturated heterocycles. The highest BCUT2D eigenvalue weighted by Gasteiger charge is 2.29. The summed E-state index contributed by atoms with van der Waals surface area (Å²) in [6.07, 6.45) is 5.08. The van der Waals surface area contributed by atoms with Crippen LogP contribution in [0.3, 0.4) is 0 Å². The molecule has 0 aromatic heterocycles. The van der Waals surface area contributed by atoms with E-state index in [2.05, 4.69) is 44.2 Å². The molecular formula is C12H30NO2PSi2. The minimum atomic E-state index is -1.51. The summed E-state index contributed by atoms with van der Waals surface area (Å²) in [4.78, 5) is 2.54. The summed E-state index contributed by atoms with van der Waals surface area (Å²) in [7, 11) is -3.72. The second-order valence-corrected chi connectivity index (χ2v) is 17.9. The third-order valence-electron chi connectivity index (χ3n) is 2.52. The molecule has 18 heavy (non-hydrogen) atoms. The Morgan fingerprint density at radius 3 is 1.67 bits per heavy atom. The fourth-order valence-corrected chi connectivity index (χ4v) is 8.39. The van der Waals surface area contributed by atoms with Crippen molar-refractivity contribution in [3.63, 3.8) is 0 Å². The highest BCUT2D eigenvalue weighted by Crippen LogP contribution is 2.45. The van der Waals surface area contributed by atoms with Gasteiger partial charge in [-0.05, 0) is 65.2 Å². The lowest BCUT2D eigenvalue weighted by molar-refractivity contribution is 0.253. The molecule has 0 N–H and O–H groups in total. The number of hydrogen-bond acceptors (Lipinski definition) is 3. The molecule has 1 fully saturated rings. The van der Waals surface area contributed by atoms with Gasteiger partial charge in [-0.3, -0.25) is 4.90 Å². The zero-order valence-corrected chi connectivity index (χ0v) is 15.8. The second kappa shape index (κ2) is 6.96. The lowest BCUT2D eigenvalue weighted by Crippen LogP contribution is -2.35. The van der Waals surface area contributed by atoms with Crippen LogP contribution in [0.25, 0.3) is 0 Å². The fourth-order valence-electron chi connectivity index (χ4n) is 1.95. The Morgan fingerprint density at radius 2 is 1.28 bits per heavy atom. The van der Waals surface area contributed by atoms with Gasteiger partial charge in [-0.15, -0.1) is 0 Å². The molecule has 108 valence electrons. The van der Waals surface area contributed by atoms with E-state index in [0.717, 1.165) is 6.29 Å². The molecule has 1 rings (SSSR count). The lowest BCUT2D eigenvalue weighted by Gasteiger charge is -2.35. The van der Waals surface area contributed by atoms with E-state index in [1.54, 1.807) is 0 Å². The monoisotopic (exact) mass is 307 g/mol. The Kier molecular flexibility index (Phi) is 6.49. The smallest absolute Gasteiger partial charge is 0.191 e. The summed E-state index contributed by atoms with van der Waals surface area (Å²) in [6.45, 7) is 16.0. The molecular weight excluding hydrogens is 277 g/mol. The molecule has 6 heteroatoms. The first kappa shape index (κ1) is 16.8. The van der Waals surface area contributed by atoms with Gasteiger partial charge in [-0.25, -0.2) is 0 Å². The van der Waals surface area contributed by atoms with Crippen molar-refractivity contribution in [2.24, 2.45) is 0 Å². The quantitative estimate of drug-likeness (QED) is 0.535. The number of nitrogens with zero attached hydrogens (tertiary/aromatic N) is 1. The predicted octanol–water partition coefficient (Wildman–Crippen LogP) is 4.44. The maximum absolute atomic E-state index is 6.29. The first-order valence-corrected chi connectivity index (χ1v) is 15.2. The third-order valence-corrected chi connectivity index (χ3v) is 9.16. The number of rotatable bonds is 6. The van der Waals surface area contributed by atoms with Crippen LogP contribution in [0.2, 0.25) is 39.3 Å². The van der Waals surface area contributed by atoms with E-state index in [-0.39, 0.29) is 0 Å². The summed E-state index contributed by atoms with van der Waals surface area (Å²) in [5, 5.41) is 0. The standard InChI is InChI=1S/C12H30NO2PSi2/c1-17(2,3)14-16(15-18(4,5)6)12-13-10-8-7-9-11-13/h7-12H2,1-6H3. The van der Waals surface area contributed by atoms with Crippen LogP contribution < -0.4 is 0 Å². The molecule has 1 heterocycles. The predicted molar refractivity (Wildman–Crippen MR) is 86.1 cm³/mol. The summed E-state index contributed by atoms with van der Waals surface area (Å²) in [5.41, 5.74) is 0. The molecule has 0 unspecified atom stereocenters. The average molecular weight is 308 g/mol. The van der Waals surface area contributed by atoms with Crippen LogP contribution in [0.5, 0.6) is 0 Å². The first-order valence-electron chi connectivity index (χ1n) is 7.04. The van der Waals surface area contributed by atoms with Crippen LogP contribution in [0.1, 0.15) is 19.3 Å². The number of likely N-dealkylation sites (tertiary alicyclic amines) is 1. The van der Waals surface area contributed by atoms with Gasteiger partial charge in [0.15, 0.2) is 25.0 Å². The largest absolute Gasteiger partial charge is 0.375 e. The van der Waals surface area contributed by atoms with Crippen molar-refractivity contribution in [3.05, 3.63) is 0 Å². The van der Waals surface area contributed by atoms with E-state index in [1.165, 1.54) is 32.4 Å². The Hall–Kier alpha value is 0.744. The van der Waals surface area contributed by atoms with E-state index in [1.807, 2.05) is 0 Å². The summed E-state index contributed by atoms with van der Waals surface area (Å²) in [5.74, 6) is 0. The molecule has 0 bridgehead atoms. The van der Waals surface area contributed by atoms with Crippen LogP contribution in [0.15, 0.2) is 0 Å². The highest BCUT2D eigenvalue weighted by molar-refractivity contribution is 7.50. The molecule has 0 radical (unpaired) electrons. The first-order chi connectivity index (χ1) is 8.16. The van der Waals surface area contributed by atoms with Gasteiger partial charge in [0.05, 0.1) is 6.29 Å². The van der Waals surface area contributed by atoms with Gasteiger partial charge in [0.2, 0.25) is 0 Å². The van der Waals surface area contributed by atoms with E-state index in [9.17, 15) is 0 Å². The minimum absolute atomic E-state index is 0.710. The molecule has 0 spiro atoms. The Labute approximate surface area is 116 Å². The van der Waals surface area contributed by atoms with E-state index >= 15 is 0 Å². The zero-order chi connectivity index (χ0) is 13.8. The average Bonchev–Trinajstić information content (AvgIpc) is 2.13. The minimum Gasteiger partial charge on any atom is -0.375 e. The Balaban J connectivity index is 2.53. The van der Waals surface area contributed by atoms with Gasteiger partial charge < -0.3 is 8.43 Å². The lowest BCUT2D eigenvalue weighted by atomic mass is 10.1. The molecule has 3 nitrogen and oxygen atoms in total. The molecule has 0 aromatic carbocycles. The maximum atomic E-state index is 6.29. The fraction of sp³-hybridized carbons (Fsp3) is 1.00. The van der Waals surface area contributed by atoms with Crippen molar-refractivity contribution >= 4 is 25.0 Å². The van der Waals surface area contributed by atoms with Crippen LogP contribution in [-0.2, 0) is 8.43 Å². The summed E-state index contributed by atoms with van der Waals surface area (Å²) >= 11 is 0.